The Morgan fingerprint density at radius 2 is 2.13 bits per heavy atom. The zero-order chi connectivity index (χ0) is 22.2. The molecule has 0 fully saturated rings. The first-order valence-electron chi connectivity index (χ1n) is 9.86. The van der Waals surface area contributed by atoms with Crippen LogP contribution in [0.1, 0.15) is 53.2 Å². The van der Waals surface area contributed by atoms with Gasteiger partial charge in [0.1, 0.15) is 11.4 Å². The molecule has 3 aromatic heterocycles. The lowest BCUT2D eigenvalue weighted by Gasteiger charge is -2.22. The lowest BCUT2D eigenvalue weighted by molar-refractivity contribution is -0.141. The van der Waals surface area contributed by atoms with Gasteiger partial charge in [-0.3, -0.25) is 14.5 Å². The highest BCUT2D eigenvalue weighted by Crippen LogP contribution is 2.32. The number of carbonyl (C=O) groups is 1. The fourth-order valence-corrected chi connectivity index (χ4v) is 3.64. The zero-order valence-electron chi connectivity index (χ0n) is 17.0. The number of fused-ring (bicyclic) bond motifs is 1. The minimum Gasteiger partial charge on any atom is -0.477 e. The second-order valence-electron chi connectivity index (χ2n) is 7.22. The molecule has 0 spiro atoms. The number of rotatable bonds is 5. The largest absolute Gasteiger partial charge is 0.477 e. The maximum Gasteiger partial charge on any atom is 0.433 e. The molecule has 1 aliphatic carbocycles. The quantitative estimate of drug-likeness (QED) is 0.666. The van der Waals surface area contributed by atoms with Gasteiger partial charge in [-0.15, -0.1) is 5.10 Å². The minimum atomic E-state index is -4.54. The topological polar surface area (TPSA) is 86.9 Å². The smallest absolute Gasteiger partial charge is 0.433 e. The summed E-state index contributed by atoms with van der Waals surface area (Å²) in [7, 11) is 1.66. The predicted octanol–water partition coefficient (Wildman–Crippen LogP) is 3.23. The summed E-state index contributed by atoms with van der Waals surface area (Å²) in [5.74, 6) is 0.0558. The fourth-order valence-electron chi connectivity index (χ4n) is 3.64. The average Bonchev–Trinajstić information content (AvgIpc) is 3.32. The van der Waals surface area contributed by atoms with Crippen LogP contribution in [-0.2, 0) is 19.6 Å². The number of aromatic nitrogens is 5. The average molecular weight is 434 g/mol. The molecule has 3 aromatic rings. The zero-order valence-corrected chi connectivity index (χ0v) is 17.0. The Morgan fingerprint density at radius 1 is 1.32 bits per heavy atom. The molecule has 164 valence electrons. The van der Waals surface area contributed by atoms with Gasteiger partial charge in [0, 0.05) is 31.1 Å². The molecule has 0 bridgehead atoms. The number of halogens is 3. The Balaban J connectivity index is 1.58. The van der Waals surface area contributed by atoms with E-state index in [0.29, 0.717) is 31.0 Å². The van der Waals surface area contributed by atoms with Gasteiger partial charge >= 0.3 is 6.18 Å². The van der Waals surface area contributed by atoms with Crippen molar-refractivity contribution in [2.75, 3.05) is 6.61 Å². The number of nitrogens with zero attached hydrogens (tertiary/aromatic N) is 5. The van der Waals surface area contributed by atoms with Crippen LogP contribution in [0.2, 0.25) is 0 Å². The molecule has 3 heterocycles. The molecule has 1 atom stereocenters. The van der Waals surface area contributed by atoms with E-state index in [0.717, 1.165) is 29.9 Å². The van der Waals surface area contributed by atoms with Gasteiger partial charge in [0.2, 0.25) is 5.88 Å². The first-order valence-corrected chi connectivity index (χ1v) is 9.86. The molecule has 0 aromatic carbocycles. The fraction of sp³-hybridized carbons (Fsp3) is 0.400. The predicted molar refractivity (Wildman–Crippen MR) is 104 cm³/mol. The number of amides is 1. The molecule has 31 heavy (non-hydrogen) atoms. The van der Waals surface area contributed by atoms with Crippen LogP contribution >= 0.6 is 0 Å². The second-order valence-corrected chi connectivity index (χ2v) is 7.22. The molecular formula is C20H21F3N6O2. The number of hydrogen-bond donors (Lipinski definition) is 1. The SMILES string of the molecule is CCOc1cc(C(=O)NC2CCCc3nn(-c4ccnc(C(F)(F)F)c4)cc32)n(C)n1. The van der Waals surface area contributed by atoms with Gasteiger partial charge in [0.05, 0.1) is 24.0 Å². The first-order chi connectivity index (χ1) is 14.8. The molecule has 1 amide bonds. The number of pyridine rings is 1. The van der Waals surface area contributed by atoms with Crippen molar-refractivity contribution in [3.63, 3.8) is 0 Å². The molecule has 1 unspecified atom stereocenters. The van der Waals surface area contributed by atoms with Crippen molar-refractivity contribution in [3.05, 3.63) is 53.2 Å². The van der Waals surface area contributed by atoms with Crippen molar-refractivity contribution in [1.29, 1.82) is 0 Å². The number of alkyl halides is 3. The molecule has 0 saturated carbocycles. The van der Waals surface area contributed by atoms with Gasteiger partial charge in [0.15, 0.2) is 0 Å². The second kappa shape index (κ2) is 8.05. The van der Waals surface area contributed by atoms with Gasteiger partial charge in [0.25, 0.3) is 5.91 Å². The summed E-state index contributed by atoms with van der Waals surface area (Å²) in [6.07, 6.45) is 0.425. The Kier molecular flexibility index (Phi) is 5.42. The molecular weight excluding hydrogens is 413 g/mol. The van der Waals surface area contributed by atoms with Gasteiger partial charge in [-0.05, 0) is 38.3 Å². The van der Waals surface area contributed by atoms with Crippen LogP contribution < -0.4 is 10.1 Å². The summed E-state index contributed by atoms with van der Waals surface area (Å²) in [5, 5.41) is 11.6. The van der Waals surface area contributed by atoms with Crippen LogP contribution in [0.4, 0.5) is 13.2 Å². The van der Waals surface area contributed by atoms with Crippen LogP contribution in [-0.4, -0.2) is 37.1 Å². The van der Waals surface area contributed by atoms with E-state index in [1.54, 1.807) is 19.3 Å². The third kappa shape index (κ3) is 4.25. The highest BCUT2D eigenvalue weighted by Gasteiger charge is 2.33. The van der Waals surface area contributed by atoms with Crippen LogP contribution in [0.5, 0.6) is 5.88 Å². The Bertz CT molecular complexity index is 1100. The van der Waals surface area contributed by atoms with Gasteiger partial charge < -0.3 is 10.1 Å². The Labute approximate surface area is 176 Å². The summed E-state index contributed by atoms with van der Waals surface area (Å²) in [4.78, 5) is 16.2. The number of carbonyl (C=O) groups excluding carboxylic acids is 1. The molecule has 4 rings (SSSR count). The van der Waals surface area contributed by atoms with Crippen molar-refractivity contribution < 1.29 is 22.7 Å². The van der Waals surface area contributed by atoms with E-state index in [9.17, 15) is 18.0 Å². The summed E-state index contributed by atoms with van der Waals surface area (Å²) in [5.41, 5.74) is 1.17. The normalized spacial score (nSPS) is 16.1. The molecule has 11 heteroatoms. The molecule has 1 N–H and O–H groups in total. The van der Waals surface area contributed by atoms with Gasteiger partial charge in [-0.25, -0.2) is 4.68 Å². The highest BCUT2D eigenvalue weighted by molar-refractivity contribution is 5.93. The van der Waals surface area contributed by atoms with Crippen molar-refractivity contribution in [3.8, 4) is 11.6 Å². The lowest BCUT2D eigenvalue weighted by Crippen LogP contribution is -2.31. The van der Waals surface area contributed by atoms with E-state index in [-0.39, 0.29) is 17.6 Å². The standard InChI is InChI=1S/C20H21F3N6O2/c1-3-31-18-10-16(28(2)27-18)19(30)25-14-5-4-6-15-13(14)11-29(26-15)12-7-8-24-17(9-12)20(21,22)23/h7-11,14H,3-6H2,1-2H3,(H,25,30). The number of nitrogens with one attached hydrogen (secondary N) is 1. The summed E-state index contributed by atoms with van der Waals surface area (Å²) in [6, 6.07) is 3.68. The van der Waals surface area contributed by atoms with Crippen molar-refractivity contribution >= 4 is 5.91 Å². The van der Waals surface area contributed by atoms with Crippen LogP contribution in [0.15, 0.2) is 30.6 Å². The van der Waals surface area contributed by atoms with E-state index in [1.165, 1.54) is 15.4 Å². The maximum absolute atomic E-state index is 13.0. The van der Waals surface area contributed by atoms with Crippen LogP contribution in [0, 0.1) is 0 Å². The Morgan fingerprint density at radius 3 is 2.87 bits per heavy atom. The number of aryl methyl sites for hydroxylation is 2. The summed E-state index contributed by atoms with van der Waals surface area (Å²) < 4.78 is 47.2. The monoisotopic (exact) mass is 434 g/mol. The molecule has 8 nitrogen and oxygen atoms in total. The number of hydrogen-bond acceptors (Lipinski definition) is 5. The van der Waals surface area contributed by atoms with E-state index < -0.39 is 11.9 Å². The summed E-state index contributed by atoms with van der Waals surface area (Å²) in [6.45, 7) is 2.27. The van der Waals surface area contributed by atoms with E-state index >= 15 is 0 Å². The van der Waals surface area contributed by atoms with E-state index in [2.05, 4.69) is 20.5 Å². The molecule has 0 aliphatic heterocycles. The minimum absolute atomic E-state index is 0.259. The highest BCUT2D eigenvalue weighted by atomic mass is 19.4. The third-order valence-electron chi connectivity index (χ3n) is 5.09. The van der Waals surface area contributed by atoms with Crippen molar-refractivity contribution in [1.82, 2.24) is 29.9 Å². The third-order valence-corrected chi connectivity index (χ3v) is 5.09. The van der Waals surface area contributed by atoms with Crippen molar-refractivity contribution in [2.24, 2.45) is 7.05 Å². The van der Waals surface area contributed by atoms with E-state index in [1.807, 2.05) is 6.92 Å². The van der Waals surface area contributed by atoms with Gasteiger partial charge in [-0.1, -0.05) is 0 Å². The van der Waals surface area contributed by atoms with Crippen molar-refractivity contribution in [2.45, 2.75) is 38.4 Å². The molecule has 0 saturated heterocycles. The van der Waals surface area contributed by atoms with E-state index in [4.69, 9.17) is 4.74 Å². The van der Waals surface area contributed by atoms with Crippen LogP contribution in [0.3, 0.4) is 0 Å². The summed E-state index contributed by atoms with van der Waals surface area (Å²) >= 11 is 0. The molecule has 0 radical (unpaired) electrons. The molecule has 1 aliphatic rings. The first kappa shape index (κ1) is 20.9. The van der Waals surface area contributed by atoms with Gasteiger partial charge in [-0.2, -0.15) is 18.3 Å². The lowest BCUT2D eigenvalue weighted by atomic mass is 9.93. The Hall–Kier alpha value is -3.37. The van der Waals surface area contributed by atoms with Crippen LogP contribution in [0.25, 0.3) is 5.69 Å². The number of ether oxygens (including phenoxy) is 1. The maximum atomic E-state index is 13.0.